The van der Waals surface area contributed by atoms with Crippen LogP contribution in [0, 0.1) is 6.92 Å². The second-order valence-electron chi connectivity index (χ2n) is 4.97. The largest absolute Gasteiger partial charge is 0.352 e. The molecular weight excluding hydrogens is 305 g/mol. The van der Waals surface area contributed by atoms with Crippen LogP contribution in [0.3, 0.4) is 0 Å². The Balaban J connectivity index is 1.80. The van der Waals surface area contributed by atoms with Gasteiger partial charge in [-0.15, -0.1) is 0 Å². The molecule has 0 radical (unpaired) electrons. The summed E-state index contributed by atoms with van der Waals surface area (Å²) < 4.78 is 0. The quantitative estimate of drug-likeness (QED) is 0.797. The predicted octanol–water partition coefficient (Wildman–Crippen LogP) is 4.66. The van der Waals surface area contributed by atoms with Crippen molar-refractivity contribution >= 4 is 29.1 Å². The van der Waals surface area contributed by atoms with Crippen LogP contribution >= 0.6 is 23.2 Å². The van der Waals surface area contributed by atoms with Crippen LogP contribution in [0.5, 0.6) is 0 Å². The zero-order valence-electron chi connectivity index (χ0n) is 11.8. The standard InChI is InChI=1S/C17H17Cl2NO/c1-12-4-6-13(7-5-12)3-2-10-20-17(21)15-9-8-14(18)11-16(15)19/h4-9,11H,2-3,10H2,1H3,(H,20,21). The first kappa shape index (κ1) is 15.9. The fourth-order valence-electron chi connectivity index (χ4n) is 2.02. The Labute approximate surface area is 135 Å². The van der Waals surface area contributed by atoms with Gasteiger partial charge in [-0.2, -0.15) is 0 Å². The van der Waals surface area contributed by atoms with E-state index in [9.17, 15) is 4.79 Å². The van der Waals surface area contributed by atoms with Crippen molar-refractivity contribution in [1.82, 2.24) is 5.32 Å². The van der Waals surface area contributed by atoms with E-state index in [0.29, 0.717) is 22.2 Å². The first-order chi connectivity index (χ1) is 10.1. The Kier molecular flexibility index (Phi) is 5.66. The van der Waals surface area contributed by atoms with Crippen LogP contribution in [0.25, 0.3) is 0 Å². The van der Waals surface area contributed by atoms with E-state index >= 15 is 0 Å². The van der Waals surface area contributed by atoms with Gasteiger partial charge in [0.1, 0.15) is 0 Å². The average molecular weight is 322 g/mol. The van der Waals surface area contributed by atoms with E-state index in [4.69, 9.17) is 23.2 Å². The van der Waals surface area contributed by atoms with Crippen LogP contribution in [0.2, 0.25) is 10.0 Å². The molecule has 0 heterocycles. The molecule has 110 valence electrons. The molecule has 0 bridgehead atoms. The Morgan fingerprint density at radius 2 is 1.81 bits per heavy atom. The van der Waals surface area contributed by atoms with Gasteiger partial charge in [0.15, 0.2) is 0 Å². The topological polar surface area (TPSA) is 29.1 Å². The van der Waals surface area contributed by atoms with Crippen LogP contribution in [-0.4, -0.2) is 12.5 Å². The number of nitrogens with one attached hydrogen (secondary N) is 1. The lowest BCUT2D eigenvalue weighted by molar-refractivity contribution is 0.0953. The first-order valence-corrected chi connectivity index (χ1v) is 7.60. The van der Waals surface area contributed by atoms with Crippen molar-refractivity contribution in [3.8, 4) is 0 Å². The molecule has 0 atom stereocenters. The van der Waals surface area contributed by atoms with Gasteiger partial charge in [0.05, 0.1) is 10.6 Å². The third kappa shape index (κ3) is 4.76. The summed E-state index contributed by atoms with van der Waals surface area (Å²) in [6.07, 6.45) is 1.83. The highest BCUT2D eigenvalue weighted by atomic mass is 35.5. The predicted molar refractivity (Wildman–Crippen MR) is 88.3 cm³/mol. The van der Waals surface area contributed by atoms with E-state index in [1.165, 1.54) is 11.1 Å². The smallest absolute Gasteiger partial charge is 0.252 e. The van der Waals surface area contributed by atoms with Gasteiger partial charge in [0.2, 0.25) is 0 Å². The Hall–Kier alpha value is -1.51. The van der Waals surface area contributed by atoms with Gasteiger partial charge in [-0.3, -0.25) is 4.79 Å². The fourth-order valence-corrected chi connectivity index (χ4v) is 2.51. The lowest BCUT2D eigenvalue weighted by Gasteiger charge is -2.07. The maximum Gasteiger partial charge on any atom is 0.252 e. The number of amides is 1. The van der Waals surface area contributed by atoms with E-state index in [2.05, 4.69) is 36.5 Å². The molecule has 2 rings (SSSR count). The number of hydrogen-bond donors (Lipinski definition) is 1. The number of halogens is 2. The van der Waals surface area contributed by atoms with Gasteiger partial charge >= 0.3 is 0 Å². The van der Waals surface area contributed by atoms with Gasteiger partial charge in [0.25, 0.3) is 5.91 Å². The van der Waals surface area contributed by atoms with Crippen molar-refractivity contribution in [3.63, 3.8) is 0 Å². The third-order valence-electron chi connectivity index (χ3n) is 3.22. The number of benzene rings is 2. The average Bonchev–Trinajstić information content (AvgIpc) is 2.45. The maximum absolute atomic E-state index is 12.0. The van der Waals surface area contributed by atoms with Crippen molar-refractivity contribution < 1.29 is 4.79 Å². The second-order valence-corrected chi connectivity index (χ2v) is 5.81. The van der Waals surface area contributed by atoms with Crippen molar-refractivity contribution in [2.24, 2.45) is 0 Å². The van der Waals surface area contributed by atoms with Gasteiger partial charge in [0, 0.05) is 11.6 Å². The Morgan fingerprint density at radius 1 is 1.10 bits per heavy atom. The van der Waals surface area contributed by atoms with Gasteiger partial charge in [-0.1, -0.05) is 53.0 Å². The molecule has 0 aliphatic rings. The minimum Gasteiger partial charge on any atom is -0.352 e. The fraction of sp³-hybridized carbons (Fsp3) is 0.235. The molecule has 1 N–H and O–H groups in total. The highest BCUT2D eigenvalue weighted by molar-refractivity contribution is 6.36. The first-order valence-electron chi connectivity index (χ1n) is 6.85. The summed E-state index contributed by atoms with van der Waals surface area (Å²) in [7, 11) is 0. The third-order valence-corrected chi connectivity index (χ3v) is 3.77. The summed E-state index contributed by atoms with van der Waals surface area (Å²) in [4.78, 5) is 12.0. The van der Waals surface area contributed by atoms with Crippen LogP contribution in [0.15, 0.2) is 42.5 Å². The summed E-state index contributed by atoms with van der Waals surface area (Å²) in [5.41, 5.74) is 2.99. The molecule has 0 aliphatic carbocycles. The van der Waals surface area contributed by atoms with E-state index in [1.807, 2.05) is 0 Å². The Bertz CT molecular complexity index is 623. The summed E-state index contributed by atoms with van der Waals surface area (Å²) in [5, 5.41) is 3.77. The molecular formula is C17H17Cl2NO. The SMILES string of the molecule is Cc1ccc(CCCNC(=O)c2ccc(Cl)cc2Cl)cc1. The zero-order chi connectivity index (χ0) is 15.2. The monoisotopic (exact) mass is 321 g/mol. The number of aryl methyl sites for hydroxylation is 2. The summed E-state index contributed by atoms with van der Waals surface area (Å²) >= 11 is 11.8. The molecule has 2 aromatic rings. The molecule has 0 unspecified atom stereocenters. The number of hydrogen-bond acceptors (Lipinski definition) is 1. The molecule has 4 heteroatoms. The van der Waals surface area contributed by atoms with Gasteiger partial charge in [-0.05, 0) is 43.5 Å². The van der Waals surface area contributed by atoms with Crippen LogP contribution in [0.4, 0.5) is 0 Å². The van der Waals surface area contributed by atoms with E-state index in [-0.39, 0.29) is 5.91 Å². The van der Waals surface area contributed by atoms with Gasteiger partial charge in [-0.25, -0.2) is 0 Å². The minimum absolute atomic E-state index is 0.166. The molecule has 2 aromatic carbocycles. The van der Waals surface area contributed by atoms with Crippen LogP contribution in [-0.2, 0) is 6.42 Å². The number of rotatable bonds is 5. The lowest BCUT2D eigenvalue weighted by Crippen LogP contribution is -2.25. The van der Waals surface area contributed by atoms with Crippen molar-refractivity contribution in [1.29, 1.82) is 0 Å². The highest BCUT2D eigenvalue weighted by Crippen LogP contribution is 2.20. The van der Waals surface area contributed by atoms with Crippen molar-refractivity contribution in [2.45, 2.75) is 19.8 Å². The summed E-state index contributed by atoms with van der Waals surface area (Å²) in [6.45, 7) is 2.69. The van der Waals surface area contributed by atoms with Crippen molar-refractivity contribution in [2.75, 3.05) is 6.54 Å². The number of carbonyl (C=O) groups is 1. The second kappa shape index (κ2) is 7.48. The highest BCUT2D eigenvalue weighted by Gasteiger charge is 2.09. The molecule has 0 saturated carbocycles. The summed E-state index contributed by atoms with van der Waals surface area (Å²) in [6, 6.07) is 13.3. The normalized spacial score (nSPS) is 10.4. The van der Waals surface area contributed by atoms with Gasteiger partial charge < -0.3 is 5.32 Å². The lowest BCUT2D eigenvalue weighted by atomic mass is 10.1. The van der Waals surface area contributed by atoms with Crippen LogP contribution in [0.1, 0.15) is 27.9 Å². The summed E-state index contributed by atoms with van der Waals surface area (Å²) in [5.74, 6) is -0.166. The molecule has 0 aromatic heterocycles. The molecule has 0 spiro atoms. The molecule has 0 saturated heterocycles. The molecule has 21 heavy (non-hydrogen) atoms. The van der Waals surface area contributed by atoms with E-state index < -0.39 is 0 Å². The van der Waals surface area contributed by atoms with E-state index in [1.54, 1.807) is 18.2 Å². The minimum atomic E-state index is -0.166. The van der Waals surface area contributed by atoms with Crippen molar-refractivity contribution in [3.05, 3.63) is 69.2 Å². The molecule has 0 fully saturated rings. The van der Waals surface area contributed by atoms with E-state index in [0.717, 1.165) is 12.8 Å². The zero-order valence-corrected chi connectivity index (χ0v) is 13.3. The van der Waals surface area contributed by atoms with Crippen LogP contribution < -0.4 is 5.32 Å². The molecule has 1 amide bonds. The molecule has 2 nitrogen and oxygen atoms in total. The molecule has 0 aliphatic heterocycles. The maximum atomic E-state index is 12.0. The number of carbonyl (C=O) groups excluding carboxylic acids is 1. The Morgan fingerprint density at radius 3 is 2.48 bits per heavy atom.